The van der Waals surface area contributed by atoms with E-state index in [1.807, 2.05) is 48.5 Å². The van der Waals surface area contributed by atoms with Gasteiger partial charge in [-0.05, 0) is 77.4 Å². The first-order chi connectivity index (χ1) is 27.0. The van der Waals surface area contributed by atoms with Crippen molar-refractivity contribution in [2.75, 3.05) is 14.2 Å². The van der Waals surface area contributed by atoms with E-state index in [0.717, 1.165) is 34.4 Å². The maximum atomic E-state index is 12.7. The van der Waals surface area contributed by atoms with Crippen LogP contribution in [0, 0.1) is 0 Å². The molecule has 0 atom stereocenters. The molecular formula is C39H34F6N4O6S2. The zero-order chi connectivity index (χ0) is 41.6. The van der Waals surface area contributed by atoms with Gasteiger partial charge in [0.15, 0.2) is 5.03 Å². The highest BCUT2D eigenvalue weighted by atomic mass is 32.2. The Bertz CT molecular complexity index is 2350. The van der Waals surface area contributed by atoms with Crippen LogP contribution in [0.25, 0.3) is 0 Å². The van der Waals surface area contributed by atoms with E-state index in [9.17, 15) is 40.7 Å². The number of ether oxygens (including phenoxy) is 3. The van der Waals surface area contributed by atoms with Crippen molar-refractivity contribution in [3.8, 4) is 17.2 Å². The van der Waals surface area contributed by atoms with Crippen LogP contribution in [0.1, 0.15) is 16.7 Å². The number of hydrogen-bond donors (Lipinski definition) is 2. The number of methoxy groups -OCH3 is 2. The summed E-state index contributed by atoms with van der Waals surface area (Å²) in [6.45, 7) is 0.746. The predicted molar refractivity (Wildman–Crippen MR) is 205 cm³/mol. The molecule has 1 N–H and O–H groups in total. The van der Waals surface area contributed by atoms with E-state index in [4.69, 9.17) is 9.47 Å². The summed E-state index contributed by atoms with van der Waals surface area (Å²) in [5, 5.41) is 0.264. The molecule has 0 amide bonds. The van der Waals surface area contributed by atoms with Gasteiger partial charge in [-0.1, -0.05) is 48.2 Å². The number of aromatic amines is 1. The van der Waals surface area contributed by atoms with Crippen molar-refractivity contribution in [2.24, 2.45) is 0 Å². The molecule has 0 aliphatic heterocycles. The van der Waals surface area contributed by atoms with Gasteiger partial charge in [0.2, 0.25) is 0 Å². The molecule has 0 fully saturated rings. The van der Waals surface area contributed by atoms with Gasteiger partial charge in [0.1, 0.15) is 17.2 Å². The normalized spacial score (nSPS) is 11.0. The number of hydrogen-bond acceptors (Lipinski definition) is 9. The zero-order valence-electron chi connectivity index (χ0n) is 30.1. The fraction of sp³-hybridized carbons (Fsp3) is 0.179. The van der Waals surface area contributed by atoms with Crippen molar-refractivity contribution < 1.29 is 40.6 Å². The largest absolute Gasteiger partial charge is 0.573 e. The van der Waals surface area contributed by atoms with Crippen molar-refractivity contribution in [1.82, 2.24) is 19.1 Å². The Labute approximate surface area is 331 Å². The molecule has 2 heterocycles. The topological polar surface area (TPSA) is 117 Å². The summed E-state index contributed by atoms with van der Waals surface area (Å²) in [4.78, 5) is 43.0. The summed E-state index contributed by atoms with van der Waals surface area (Å²) in [5.74, 6) is 1.25. The van der Waals surface area contributed by atoms with Crippen molar-refractivity contribution >= 4 is 24.4 Å². The summed E-state index contributed by atoms with van der Waals surface area (Å²) in [7, 11) is 3.18. The maximum absolute atomic E-state index is 12.7. The molecule has 0 spiro atoms. The van der Waals surface area contributed by atoms with Crippen LogP contribution in [-0.2, 0) is 19.5 Å². The van der Waals surface area contributed by atoms with Crippen LogP contribution >= 0.6 is 24.4 Å². The number of benzene rings is 4. The molecule has 6 aromatic rings. The molecule has 0 radical (unpaired) electrons. The third-order valence-electron chi connectivity index (χ3n) is 7.44. The van der Waals surface area contributed by atoms with Gasteiger partial charge in [0.25, 0.3) is 5.56 Å². The van der Waals surface area contributed by atoms with Crippen LogP contribution in [0.4, 0.5) is 26.3 Å². The molecule has 0 aliphatic carbocycles. The Morgan fingerprint density at radius 1 is 0.667 bits per heavy atom. The molecule has 4 aromatic carbocycles. The second-order valence-electron chi connectivity index (χ2n) is 11.7. The zero-order valence-corrected chi connectivity index (χ0v) is 31.8. The summed E-state index contributed by atoms with van der Waals surface area (Å²) < 4.78 is 88.8. The lowest BCUT2D eigenvalue weighted by Gasteiger charge is -2.09. The van der Waals surface area contributed by atoms with E-state index < -0.39 is 30.1 Å². The predicted octanol–water partition coefficient (Wildman–Crippen LogP) is 8.02. The second kappa shape index (κ2) is 20.3. The van der Waals surface area contributed by atoms with Gasteiger partial charge < -0.3 is 28.3 Å². The van der Waals surface area contributed by atoms with Crippen LogP contribution in [0.3, 0.4) is 0 Å². The first-order valence-corrected chi connectivity index (χ1v) is 17.8. The van der Waals surface area contributed by atoms with Crippen molar-refractivity contribution in [3.05, 3.63) is 170 Å². The minimum absolute atomic E-state index is 0.176. The minimum atomic E-state index is -4.63. The molecule has 10 nitrogen and oxygen atoms in total. The Morgan fingerprint density at radius 2 is 1.16 bits per heavy atom. The highest BCUT2D eigenvalue weighted by molar-refractivity contribution is 7.99. The highest BCUT2D eigenvalue weighted by Gasteiger charge is 2.31. The van der Waals surface area contributed by atoms with Gasteiger partial charge in [0, 0.05) is 34.6 Å². The first-order valence-electron chi connectivity index (χ1n) is 16.5. The van der Waals surface area contributed by atoms with E-state index >= 15 is 0 Å². The molecule has 300 valence electrons. The number of alkyl halides is 6. The third-order valence-corrected chi connectivity index (χ3v) is 8.72. The summed E-state index contributed by atoms with van der Waals surface area (Å²) in [6.07, 6.45) is -3.71. The maximum Gasteiger partial charge on any atom is 0.573 e. The lowest BCUT2D eigenvalue weighted by atomic mass is 10.1. The van der Waals surface area contributed by atoms with Crippen LogP contribution in [0.15, 0.2) is 151 Å². The smallest absolute Gasteiger partial charge is 0.497 e. The number of H-pyrrole nitrogens is 1. The van der Waals surface area contributed by atoms with Gasteiger partial charge in [-0.15, -0.1) is 25.8 Å². The molecule has 2 aromatic heterocycles. The Kier molecular flexibility index (Phi) is 15.6. The highest BCUT2D eigenvalue weighted by Crippen LogP contribution is 2.27. The molecule has 57 heavy (non-hydrogen) atoms. The fourth-order valence-electron chi connectivity index (χ4n) is 4.73. The summed E-state index contributed by atoms with van der Waals surface area (Å²) in [6, 6.07) is 25.9. The monoisotopic (exact) mass is 832 g/mol. The SMILES string of the molecule is COc1ccc(Cn2cc[nH]c(=O)c2=O)cc1.COc1ccc(Cn2ccnc(Sc3ccc(CC(F)(F)F)cc3)c2=O)cc1.FC(F)(F)Oc1ccc(S)cc1. The molecule has 6 rings (SSSR count). The number of halogens is 6. The third kappa shape index (κ3) is 14.9. The van der Waals surface area contributed by atoms with Gasteiger partial charge in [0.05, 0.1) is 33.7 Å². The standard InChI is InChI=1S/C20H17F3N2O2S.C12H12N2O3.C7H5F3OS/c1-27-16-6-2-15(3-7-16)13-25-11-10-24-18(19(25)26)28-17-8-4-14(5-9-17)12-20(21,22)23;1-17-10-4-2-9(3-5-10)8-14-7-6-13-11(15)12(14)16;8-7(9,10)11-5-1-3-6(12)4-2-5/h2-11H,12-13H2,1H3;2-7H,8H2,1H3,(H,13,15);1-4,12H. The van der Waals surface area contributed by atoms with E-state index in [-0.39, 0.29) is 21.9 Å². The van der Waals surface area contributed by atoms with Crippen LogP contribution < -0.4 is 30.9 Å². The fourth-order valence-corrected chi connectivity index (χ4v) is 5.69. The van der Waals surface area contributed by atoms with Crippen molar-refractivity contribution in [1.29, 1.82) is 0 Å². The number of nitrogens with one attached hydrogen (secondary N) is 1. The van der Waals surface area contributed by atoms with E-state index in [1.54, 1.807) is 38.7 Å². The molecule has 0 saturated carbocycles. The molecule has 0 aliphatic rings. The first kappa shape index (κ1) is 43.8. The number of nitrogens with zero attached hydrogens (tertiary/aromatic N) is 3. The average Bonchev–Trinajstić information content (AvgIpc) is 3.17. The van der Waals surface area contributed by atoms with E-state index in [2.05, 4.69) is 27.3 Å². The Balaban J connectivity index is 0.000000210. The van der Waals surface area contributed by atoms with Crippen molar-refractivity contribution in [2.45, 2.75) is 46.9 Å². The number of thiol groups is 1. The van der Waals surface area contributed by atoms with Crippen LogP contribution in [0.5, 0.6) is 17.2 Å². The van der Waals surface area contributed by atoms with Crippen LogP contribution in [-0.4, -0.2) is 45.9 Å². The average molecular weight is 833 g/mol. The number of rotatable bonds is 10. The Morgan fingerprint density at radius 3 is 1.65 bits per heavy atom. The summed E-state index contributed by atoms with van der Waals surface area (Å²) >= 11 is 5.03. The number of aromatic nitrogens is 4. The van der Waals surface area contributed by atoms with Gasteiger partial charge in [-0.3, -0.25) is 14.4 Å². The quantitative estimate of drug-likeness (QED) is 0.0811. The van der Waals surface area contributed by atoms with E-state index in [1.165, 1.54) is 57.9 Å². The lowest BCUT2D eigenvalue weighted by Crippen LogP contribution is -2.35. The van der Waals surface area contributed by atoms with Crippen molar-refractivity contribution in [3.63, 3.8) is 0 Å². The van der Waals surface area contributed by atoms with Gasteiger partial charge in [-0.2, -0.15) is 13.2 Å². The van der Waals surface area contributed by atoms with Crippen LogP contribution in [0.2, 0.25) is 0 Å². The molecule has 0 unspecified atom stereocenters. The van der Waals surface area contributed by atoms with Gasteiger partial charge >= 0.3 is 23.7 Å². The molecule has 18 heteroatoms. The summed E-state index contributed by atoms with van der Waals surface area (Å²) in [5.41, 5.74) is 0.613. The molecule has 0 saturated heterocycles. The van der Waals surface area contributed by atoms with Gasteiger partial charge in [-0.25, -0.2) is 4.98 Å². The Hall–Kier alpha value is -5.88. The molecule has 0 bridgehead atoms. The van der Waals surface area contributed by atoms with E-state index in [0.29, 0.717) is 22.9 Å². The lowest BCUT2D eigenvalue weighted by molar-refractivity contribution is -0.274. The molecular weight excluding hydrogens is 799 g/mol. The minimum Gasteiger partial charge on any atom is -0.497 e. The second-order valence-corrected chi connectivity index (χ2v) is 13.2.